The second-order valence-electron chi connectivity index (χ2n) is 5.16. The third-order valence-electron chi connectivity index (χ3n) is 4.27. The molecule has 3 fully saturated rings. The molecule has 0 aromatic carbocycles. The van der Waals surface area contributed by atoms with E-state index in [1.807, 2.05) is 0 Å². The van der Waals surface area contributed by atoms with Crippen molar-refractivity contribution < 1.29 is 0 Å². The smallest absolute Gasteiger partial charge is 0.115 e. The maximum absolute atomic E-state index is 4.65. The molecule has 3 nitrogen and oxygen atoms in total. The van der Waals surface area contributed by atoms with Crippen LogP contribution in [0.15, 0.2) is 6.20 Å². The molecule has 0 amide bonds. The van der Waals surface area contributed by atoms with Crippen LogP contribution >= 0.6 is 0 Å². The van der Waals surface area contributed by atoms with Crippen LogP contribution < -0.4 is 5.32 Å². The van der Waals surface area contributed by atoms with Crippen molar-refractivity contribution in [1.82, 2.24) is 14.9 Å². The van der Waals surface area contributed by atoms with Crippen molar-refractivity contribution in [2.24, 2.45) is 5.92 Å². The number of imidazole rings is 1. The van der Waals surface area contributed by atoms with Crippen LogP contribution in [-0.4, -0.2) is 16.1 Å². The SMILES string of the molecule is c1nc(C23CC(C2)C3)n2c1CNCC2. The van der Waals surface area contributed by atoms with Crippen LogP contribution in [0, 0.1) is 5.92 Å². The van der Waals surface area contributed by atoms with Crippen LogP contribution in [-0.2, 0) is 18.5 Å². The van der Waals surface area contributed by atoms with Gasteiger partial charge in [0.2, 0.25) is 0 Å². The van der Waals surface area contributed by atoms with Gasteiger partial charge >= 0.3 is 0 Å². The van der Waals surface area contributed by atoms with Gasteiger partial charge in [0.25, 0.3) is 0 Å². The summed E-state index contributed by atoms with van der Waals surface area (Å²) in [7, 11) is 0. The topological polar surface area (TPSA) is 29.9 Å². The molecule has 0 saturated heterocycles. The number of hydrogen-bond acceptors (Lipinski definition) is 2. The minimum absolute atomic E-state index is 0.528. The highest BCUT2D eigenvalue weighted by Crippen LogP contribution is 2.64. The van der Waals surface area contributed by atoms with Gasteiger partial charge in [-0.2, -0.15) is 0 Å². The fraction of sp³-hybridized carbons (Fsp3) is 0.727. The van der Waals surface area contributed by atoms with E-state index in [4.69, 9.17) is 0 Å². The molecule has 74 valence electrons. The number of hydrogen-bond donors (Lipinski definition) is 1. The molecule has 3 heteroatoms. The lowest BCUT2D eigenvalue weighted by atomic mass is 9.44. The molecule has 1 aromatic heterocycles. The Hall–Kier alpha value is -0.830. The highest BCUT2D eigenvalue weighted by atomic mass is 15.2. The predicted molar refractivity (Wildman–Crippen MR) is 53.0 cm³/mol. The molecule has 14 heavy (non-hydrogen) atoms. The molecule has 2 bridgehead atoms. The van der Waals surface area contributed by atoms with E-state index in [9.17, 15) is 0 Å². The first kappa shape index (κ1) is 7.46. The van der Waals surface area contributed by atoms with Crippen molar-refractivity contribution in [1.29, 1.82) is 0 Å². The first-order valence-electron chi connectivity index (χ1n) is 5.63. The largest absolute Gasteiger partial charge is 0.329 e. The number of aromatic nitrogens is 2. The van der Waals surface area contributed by atoms with Crippen LogP contribution in [0.5, 0.6) is 0 Å². The number of fused-ring (bicyclic) bond motifs is 1. The highest BCUT2D eigenvalue weighted by molar-refractivity contribution is 5.28. The normalized spacial score (nSPS) is 38.4. The Morgan fingerprint density at radius 1 is 1.43 bits per heavy atom. The molecule has 1 aliphatic heterocycles. The van der Waals surface area contributed by atoms with Crippen LogP contribution in [0.25, 0.3) is 0 Å². The molecule has 0 unspecified atom stereocenters. The maximum atomic E-state index is 4.65. The fourth-order valence-corrected chi connectivity index (χ4v) is 3.38. The van der Waals surface area contributed by atoms with Crippen molar-refractivity contribution in [2.75, 3.05) is 6.54 Å². The molecule has 3 saturated carbocycles. The lowest BCUT2D eigenvalue weighted by Crippen LogP contribution is -2.57. The van der Waals surface area contributed by atoms with Gasteiger partial charge in [-0.25, -0.2) is 4.98 Å². The average Bonchev–Trinajstić information content (AvgIpc) is 2.45. The number of nitrogens with one attached hydrogen (secondary N) is 1. The zero-order valence-corrected chi connectivity index (χ0v) is 8.29. The number of rotatable bonds is 1. The zero-order valence-electron chi connectivity index (χ0n) is 8.29. The Morgan fingerprint density at radius 2 is 2.29 bits per heavy atom. The quantitative estimate of drug-likeness (QED) is 0.715. The lowest BCUT2D eigenvalue weighted by Gasteiger charge is -2.61. The van der Waals surface area contributed by atoms with Gasteiger partial charge in [-0.15, -0.1) is 0 Å². The lowest BCUT2D eigenvalue weighted by molar-refractivity contribution is -0.0375. The molecule has 3 aliphatic carbocycles. The van der Waals surface area contributed by atoms with E-state index in [0.29, 0.717) is 5.41 Å². The summed E-state index contributed by atoms with van der Waals surface area (Å²) in [5.41, 5.74) is 1.91. The second kappa shape index (κ2) is 2.22. The van der Waals surface area contributed by atoms with Gasteiger partial charge in [-0.05, 0) is 25.2 Å². The molecule has 4 aliphatic rings. The molecule has 0 radical (unpaired) electrons. The second-order valence-corrected chi connectivity index (χ2v) is 5.16. The Morgan fingerprint density at radius 3 is 3.00 bits per heavy atom. The van der Waals surface area contributed by atoms with Crippen molar-refractivity contribution in [3.63, 3.8) is 0 Å². The summed E-state index contributed by atoms with van der Waals surface area (Å²) in [4.78, 5) is 4.65. The van der Waals surface area contributed by atoms with Crippen molar-refractivity contribution >= 4 is 0 Å². The summed E-state index contributed by atoms with van der Waals surface area (Å²) in [6.45, 7) is 3.24. The predicted octanol–water partition coefficient (Wildman–Crippen LogP) is 1.04. The highest BCUT2D eigenvalue weighted by Gasteiger charge is 2.59. The van der Waals surface area contributed by atoms with Crippen molar-refractivity contribution in [2.45, 2.75) is 37.8 Å². The van der Waals surface area contributed by atoms with Crippen LogP contribution in [0.2, 0.25) is 0 Å². The Labute approximate surface area is 83.5 Å². The number of nitrogens with zero attached hydrogens (tertiary/aromatic N) is 2. The zero-order chi connectivity index (χ0) is 9.17. The average molecular weight is 189 g/mol. The van der Waals surface area contributed by atoms with E-state index in [2.05, 4.69) is 21.1 Å². The van der Waals surface area contributed by atoms with Crippen molar-refractivity contribution in [3.05, 3.63) is 17.7 Å². The van der Waals surface area contributed by atoms with Crippen LogP contribution in [0.4, 0.5) is 0 Å². The fourth-order valence-electron chi connectivity index (χ4n) is 3.38. The van der Waals surface area contributed by atoms with Gasteiger partial charge < -0.3 is 9.88 Å². The maximum Gasteiger partial charge on any atom is 0.115 e. The molecule has 0 spiro atoms. The van der Waals surface area contributed by atoms with E-state index in [1.54, 1.807) is 0 Å². The molecular weight excluding hydrogens is 174 g/mol. The summed E-state index contributed by atoms with van der Waals surface area (Å²) < 4.78 is 2.46. The van der Waals surface area contributed by atoms with Gasteiger partial charge in [0.1, 0.15) is 5.82 Å². The van der Waals surface area contributed by atoms with E-state index in [-0.39, 0.29) is 0 Å². The summed E-state index contributed by atoms with van der Waals surface area (Å²) in [5.74, 6) is 2.45. The van der Waals surface area contributed by atoms with Crippen LogP contribution in [0.3, 0.4) is 0 Å². The van der Waals surface area contributed by atoms with Gasteiger partial charge in [-0.1, -0.05) is 0 Å². The summed E-state index contributed by atoms with van der Waals surface area (Å²) in [6.07, 6.45) is 6.31. The molecule has 5 rings (SSSR count). The Bertz CT molecular complexity index is 376. The third kappa shape index (κ3) is 0.716. The molecule has 1 N–H and O–H groups in total. The first-order valence-corrected chi connectivity index (χ1v) is 5.63. The van der Waals surface area contributed by atoms with Crippen LogP contribution in [0.1, 0.15) is 30.8 Å². The van der Waals surface area contributed by atoms with Gasteiger partial charge in [-0.3, -0.25) is 0 Å². The standard InChI is InChI=1S/C11H15N3/c1-2-14-9(6-12-1)7-13-10(14)11-3-8(4-11)5-11/h7-8,12H,1-6H2. The molecule has 1 aromatic rings. The Balaban J connectivity index is 1.80. The van der Waals surface area contributed by atoms with Crippen molar-refractivity contribution in [3.8, 4) is 0 Å². The van der Waals surface area contributed by atoms with E-state index in [1.165, 1.54) is 30.8 Å². The molecule has 0 atom stereocenters. The van der Waals surface area contributed by atoms with Gasteiger partial charge in [0.05, 0.1) is 5.69 Å². The summed E-state index contributed by atoms with van der Waals surface area (Å²) in [6, 6.07) is 0. The molecular formula is C11H15N3. The van der Waals surface area contributed by atoms with Gasteiger partial charge in [0, 0.05) is 31.2 Å². The monoisotopic (exact) mass is 189 g/mol. The first-order chi connectivity index (χ1) is 6.87. The van der Waals surface area contributed by atoms with E-state index in [0.717, 1.165) is 25.6 Å². The van der Waals surface area contributed by atoms with E-state index >= 15 is 0 Å². The minimum atomic E-state index is 0.528. The Kier molecular flexibility index (Phi) is 1.18. The van der Waals surface area contributed by atoms with E-state index < -0.39 is 0 Å². The summed E-state index contributed by atoms with van der Waals surface area (Å²) in [5, 5.41) is 3.39. The summed E-state index contributed by atoms with van der Waals surface area (Å²) >= 11 is 0. The minimum Gasteiger partial charge on any atom is -0.329 e. The third-order valence-corrected chi connectivity index (χ3v) is 4.27. The molecule has 2 heterocycles. The van der Waals surface area contributed by atoms with Gasteiger partial charge in [0.15, 0.2) is 0 Å².